The molecule has 1 rings (SSSR count). The zero-order valence-corrected chi connectivity index (χ0v) is 10.2. The van der Waals surface area contributed by atoms with Crippen molar-refractivity contribution in [2.75, 3.05) is 19.5 Å². The normalized spacial score (nSPS) is 8.19. The molecule has 1 N–H and O–H groups in total. The number of amides is 2. The Labute approximate surface area is 120 Å². The van der Waals surface area contributed by atoms with Gasteiger partial charge >= 0.3 is 37.7 Å². The molecular formula is C10H12Li2N2O2. The van der Waals surface area contributed by atoms with E-state index in [1.165, 1.54) is 4.90 Å². The number of nitrogens with zero attached hydrogens (tertiary/aromatic N) is 1. The molecule has 1 aromatic carbocycles. The van der Waals surface area contributed by atoms with Crippen LogP contribution in [0.4, 0.5) is 10.5 Å². The number of carbonyl (C=O) groups excluding carboxylic acids is 1. The van der Waals surface area contributed by atoms with Crippen LogP contribution in [0, 0.1) is 13.1 Å². The first kappa shape index (κ1) is 17.9. The van der Waals surface area contributed by atoms with E-state index in [9.17, 15) is 4.79 Å². The predicted octanol–water partition coefficient (Wildman–Crippen LogP) is -4.24. The Kier molecular flexibility index (Phi) is 9.62. The number of nitrogens with one attached hydrogen (secondary N) is 1. The van der Waals surface area contributed by atoms with Gasteiger partial charge in [0, 0.05) is 5.75 Å². The van der Waals surface area contributed by atoms with Gasteiger partial charge in [-0.2, -0.15) is 6.07 Å². The first-order valence-electron chi connectivity index (χ1n) is 4.04. The number of urea groups is 1. The average molecular weight is 206 g/mol. The summed E-state index contributed by atoms with van der Waals surface area (Å²) in [5, 5.41) is 2.61. The molecule has 0 aliphatic carbocycles. The van der Waals surface area contributed by atoms with Gasteiger partial charge in [-0.15, -0.1) is 18.2 Å². The van der Waals surface area contributed by atoms with Gasteiger partial charge in [0.05, 0.1) is 7.11 Å². The van der Waals surface area contributed by atoms with Crippen LogP contribution in [-0.4, -0.2) is 25.1 Å². The monoisotopic (exact) mass is 206 g/mol. The number of hydrogen-bond donors (Lipinski definition) is 1. The SMILES string of the molecule is [CH2-]N(C)C(=O)Nc1[c-]cc(OC)cc1.[Li+].[Li+]. The second kappa shape index (κ2) is 8.62. The van der Waals surface area contributed by atoms with Gasteiger partial charge in [0.25, 0.3) is 6.03 Å². The fourth-order valence-electron chi connectivity index (χ4n) is 0.826. The fourth-order valence-corrected chi connectivity index (χ4v) is 0.826. The zero-order chi connectivity index (χ0) is 10.6. The van der Waals surface area contributed by atoms with Crippen molar-refractivity contribution in [3.05, 3.63) is 31.3 Å². The van der Waals surface area contributed by atoms with Crippen LogP contribution in [0.1, 0.15) is 0 Å². The van der Waals surface area contributed by atoms with Crippen LogP contribution in [0.5, 0.6) is 5.75 Å². The largest absolute Gasteiger partial charge is 1.00 e. The average Bonchev–Trinajstić information content (AvgIpc) is 2.19. The summed E-state index contributed by atoms with van der Waals surface area (Å²) in [7, 11) is 6.59. The number of hydrogen-bond acceptors (Lipinski definition) is 2. The van der Waals surface area contributed by atoms with Crippen LogP contribution < -0.4 is 47.8 Å². The van der Waals surface area contributed by atoms with Gasteiger partial charge in [-0.05, 0) is 7.05 Å². The predicted molar refractivity (Wildman–Crippen MR) is 54.0 cm³/mol. The molecule has 0 aliphatic heterocycles. The van der Waals surface area contributed by atoms with Crippen molar-refractivity contribution in [2.24, 2.45) is 0 Å². The smallest absolute Gasteiger partial charge is 0.554 e. The summed E-state index contributed by atoms with van der Waals surface area (Å²) in [5.41, 5.74) is 0.589. The van der Waals surface area contributed by atoms with Gasteiger partial charge in [0.15, 0.2) is 0 Å². The van der Waals surface area contributed by atoms with Gasteiger partial charge in [0.1, 0.15) is 0 Å². The molecule has 0 aromatic heterocycles. The third-order valence-electron chi connectivity index (χ3n) is 1.61. The molecule has 0 bridgehead atoms. The summed E-state index contributed by atoms with van der Waals surface area (Å²) in [6.07, 6.45) is 0. The van der Waals surface area contributed by atoms with E-state index in [2.05, 4.69) is 18.4 Å². The fraction of sp³-hybridized carbons (Fsp3) is 0.200. The van der Waals surface area contributed by atoms with Crippen molar-refractivity contribution < 1.29 is 47.3 Å². The molecule has 0 spiro atoms. The number of anilines is 1. The summed E-state index contributed by atoms with van der Waals surface area (Å²) in [5.74, 6) is 0.700. The van der Waals surface area contributed by atoms with E-state index in [1.54, 1.807) is 32.4 Å². The molecule has 0 aliphatic rings. The summed E-state index contributed by atoms with van der Waals surface area (Å²) in [4.78, 5) is 12.4. The zero-order valence-electron chi connectivity index (χ0n) is 10.2. The van der Waals surface area contributed by atoms with E-state index in [4.69, 9.17) is 4.74 Å². The first-order valence-corrected chi connectivity index (χ1v) is 4.04. The van der Waals surface area contributed by atoms with E-state index >= 15 is 0 Å². The van der Waals surface area contributed by atoms with E-state index in [1.807, 2.05) is 0 Å². The molecule has 16 heavy (non-hydrogen) atoms. The topological polar surface area (TPSA) is 41.6 Å². The maximum atomic E-state index is 11.2. The Morgan fingerprint density at radius 2 is 2.12 bits per heavy atom. The van der Waals surface area contributed by atoms with Crippen LogP contribution in [-0.2, 0) is 0 Å². The number of ether oxygens (including phenoxy) is 1. The van der Waals surface area contributed by atoms with Crippen LogP contribution in [0.3, 0.4) is 0 Å². The van der Waals surface area contributed by atoms with Crippen LogP contribution >= 0.6 is 0 Å². The van der Waals surface area contributed by atoms with Gasteiger partial charge in [0.2, 0.25) is 0 Å². The van der Waals surface area contributed by atoms with E-state index in [0.717, 1.165) is 0 Å². The molecule has 0 saturated carbocycles. The minimum atomic E-state index is -0.286. The van der Waals surface area contributed by atoms with Crippen molar-refractivity contribution in [1.29, 1.82) is 0 Å². The van der Waals surface area contributed by atoms with Crippen molar-refractivity contribution in [3.8, 4) is 5.75 Å². The minimum Gasteiger partial charge on any atom is -0.554 e. The molecular weight excluding hydrogens is 194 g/mol. The first-order chi connectivity index (χ1) is 6.63. The molecule has 1 aromatic rings. The third kappa shape index (κ3) is 5.54. The maximum Gasteiger partial charge on any atom is 1.00 e. The van der Waals surface area contributed by atoms with Crippen molar-refractivity contribution in [2.45, 2.75) is 0 Å². The maximum absolute atomic E-state index is 11.2. The third-order valence-corrected chi connectivity index (χ3v) is 1.61. The van der Waals surface area contributed by atoms with Crippen LogP contribution in [0.25, 0.3) is 0 Å². The van der Waals surface area contributed by atoms with Crippen LogP contribution in [0.15, 0.2) is 18.2 Å². The summed E-state index contributed by atoms with van der Waals surface area (Å²) >= 11 is 0. The van der Waals surface area contributed by atoms with E-state index in [0.29, 0.717) is 11.4 Å². The van der Waals surface area contributed by atoms with E-state index in [-0.39, 0.29) is 43.8 Å². The number of rotatable bonds is 2. The summed E-state index contributed by atoms with van der Waals surface area (Å²) < 4.78 is 4.95. The second-order valence-corrected chi connectivity index (χ2v) is 2.77. The number of methoxy groups -OCH3 is 1. The summed E-state index contributed by atoms with van der Waals surface area (Å²) in [6.45, 7) is 0. The standard InChI is InChI=1S/C10H12N2O2.2Li/c1-12(2)10(13)11-8-4-6-9(14-3)7-5-8;;/h4,6-7H,1H2,2-3H3,(H,11,13);;/q-2;2*+1. The second-order valence-electron chi connectivity index (χ2n) is 2.77. The Morgan fingerprint density at radius 1 is 1.50 bits per heavy atom. The summed E-state index contributed by atoms with van der Waals surface area (Å²) in [6, 6.07) is 7.68. The molecule has 6 heteroatoms. The molecule has 0 saturated heterocycles. The van der Waals surface area contributed by atoms with Crippen molar-refractivity contribution in [3.63, 3.8) is 0 Å². The Balaban J connectivity index is 0. The van der Waals surface area contributed by atoms with Crippen molar-refractivity contribution in [1.82, 2.24) is 4.90 Å². The molecule has 0 heterocycles. The van der Waals surface area contributed by atoms with Gasteiger partial charge < -0.3 is 15.0 Å². The molecule has 4 nitrogen and oxygen atoms in total. The number of carbonyl (C=O) groups is 1. The minimum absolute atomic E-state index is 0. The van der Waals surface area contributed by atoms with Gasteiger partial charge in [-0.3, -0.25) is 11.8 Å². The van der Waals surface area contributed by atoms with Gasteiger partial charge in [-0.1, -0.05) is 5.69 Å². The Hall–Kier alpha value is -0.515. The molecule has 2 amide bonds. The van der Waals surface area contributed by atoms with E-state index < -0.39 is 0 Å². The molecule has 76 valence electrons. The quantitative estimate of drug-likeness (QED) is 0.393. The number of benzene rings is 1. The van der Waals surface area contributed by atoms with Crippen molar-refractivity contribution >= 4 is 11.7 Å². The molecule has 0 unspecified atom stereocenters. The Morgan fingerprint density at radius 3 is 2.50 bits per heavy atom. The molecule has 0 radical (unpaired) electrons. The van der Waals surface area contributed by atoms with Gasteiger partial charge in [-0.25, -0.2) is 0 Å². The van der Waals surface area contributed by atoms with Crippen LogP contribution in [0.2, 0.25) is 0 Å². The Bertz CT molecular complexity index is 315. The molecule has 0 fully saturated rings. The molecule has 0 atom stereocenters.